The topological polar surface area (TPSA) is 83.5 Å². The number of carbonyl (C=O) groups is 1. The first-order chi connectivity index (χ1) is 7.79. The molecular weight excluding hydrogens is 273 g/mol. The zero-order valence-corrected chi connectivity index (χ0v) is 10.3. The molecule has 0 fully saturated rings. The van der Waals surface area contributed by atoms with Gasteiger partial charge in [-0.25, -0.2) is 22.3 Å². The summed E-state index contributed by atoms with van der Waals surface area (Å²) in [6.45, 7) is 1.65. The Morgan fingerprint density at radius 2 is 2.12 bits per heavy atom. The van der Waals surface area contributed by atoms with Crippen molar-refractivity contribution in [1.29, 1.82) is 0 Å². The van der Waals surface area contributed by atoms with Gasteiger partial charge in [0.05, 0.1) is 15.5 Å². The van der Waals surface area contributed by atoms with E-state index < -0.39 is 37.3 Å². The molecule has 1 rings (SSSR count). The number of rotatable bonds is 4. The van der Waals surface area contributed by atoms with Crippen LogP contribution in [0.5, 0.6) is 0 Å². The minimum absolute atomic E-state index is 0.106. The van der Waals surface area contributed by atoms with Crippen LogP contribution in [-0.2, 0) is 10.0 Å². The van der Waals surface area contributed by atoms with Gasteiger partial charge in [0.1, 0.15) is 5.82 Å². The van der Waals surface area contributed by atoms with Crippen LogP contribution in [0.15, 0.2) is 17.0 Å². The fourth-order valence-corrected chi connectivity index (χ4v) is 2.42. The Balaban J connectivity index is 3.44. The molecule has 17 heavy (non-hydrogen) atoms. The lowest BCUT2D eigenvalue weighted by Gasteiger charge is -2.07. The molecule has 0 aliphatic carbocycles. The third kappa shape index (κ3) is 2.93. The highest BCUT2D eigenvalue weighted by Gasteiger charge is 2.21. The molecule has 0 unspecified atom stereocenters. The van der Waals surface area contributed by atoms with Gasteiger partial charge in [0.25, 0.3) is 0 Å². The molecule has 8 heteroatoms. The Hall–Kier alpha value is -1.18. The molecule has 2 N–H and O–H groups in total. The molecule has 0 aliphatic heterocycles. The van der Waals surface area contributed by atoms with Crippen molar-refractivity contribution in [3.05, 3.63) is 28.5 Å². The van der Waals surface area contributed by atoms with Gasteiger partial charge in [-0.1, -0.05) is 18.5 Å². The Morgan fingerprint density at radius 1 is 1.53 bits per heavy atom. The van der Waals surface area contributed by atoms with Crippen LogP contribution in [0, 0.1) is 5.82 Å². The number of hydrogen-bond acceptors (Lipinski definition) is 3. The maximum Gasteiger partial charge on any atom is 0.337 e. The molecule has 0 bridgehead atoms. The summed E-state index contributed by atoms with van der Waals surface area (Å²) in [5.74, 6) is -2.59. The zero-order valence-electron chi connectivity index (χ0n) is 8.70. The van der Waals surface area contributed by atoms with Gasteiger partial charge in [-0.15, -0.1) is 0 Å². The van der Waals surface area contributed by atoms with E-state index in [9.17, 15) is 17.6 Å². The number of hydrogen-bond donors (Lipinski definition) is 2. The molecule has 94 valence electrons. The van der Waals surface area contributed by atoms with Gasteiger partial charge in [-0.2, -0.15) is 0 Å². The third-order valence-electron chi connectivity index (χ3n) is 1.88. The van der Waals surface area contributed by atoms with Crippen LogP contribution in [0.4, 0.5) is 4.39 Å². The predicted octanol–water partition coefficient (Wildman–Crippen LogP) is 1.48. The van der Waals surface area contributed by atoms with E-state index in [2.05, 4.69) is 4.72 Å². The summed E-state index contributed by atoms with van der Waals surface area (Å²) < 4.78 is 38.5. The smallest absolute Gasteiger partial charge is 0.337 e. The van der Waals surface area contributed by atoms with Crippen molar-refractivity contribution < 1.29 is 22.7 Å². The Labute approximate surface area is 102 Å². The van der Waals surface area contributed by atoms with Crippen molar-refractivity contribution in [3.63, 3.8) is 0 Å². The first-order valence-corrected chi connectivity index (χ1v) is 6.37. The second kappa shape index (κ2) is 4.99. The molecule has 0 saturated carbocycles. The first kappa shape index (κ1) is 13.9. The van der Waals surface area contributed by atoms with E-state index in [0.29, 0.717) is 6.07 Å². The van der Waals surface area contributed by atoms with Gasteiger partial charge in [-0.3, -0.25) is 0 Å². The molecule has 0 heterocycles. The van der Waals surface area contributed by atoms with Gasteiger partial charge >= 0.3 is 5.97 Å². The summed E-state index contributed by atoms with van der Waals surface area (Å²) in [6, 6.07) is 1.48. The minimum Gasteiger partial charge on any atom is -0.478 e. The normalized spacial score (nSPS) is 11.5. The predicted molar refractivity (Wildman–Crippen MR) is 59.2 cm³/mol. The van der Waals surface area contributed by atoms with Gasteiger partial charge in [0.2, 0.25) is 10.0 Å². The number of sulfonamides is 1. The second-order valence-electron chi connectivity index (χ2n) is 3.07. The van der Waals surface area contributed by atoms with Crippen molar-refractivity contribution in [1.82, 2.24) is 4.72 Å². The van der Waals surface area contributed by atoms with E-state index in [4.69, 9.17) is 16.7 Å². The number of aromatic carboxylic acids is 1. The monoisotopic (exact) mass is 281 g/mol. The van der Waals surface area contributed by atoms with Crippen molar-refractivity contribution in [2.24, 2.45) is 0 Å². The number of halogens is 2. The van der Waals surface area contributed by atoms with Crippen LogP contribution in [0.2, 0.25) is 5.02 Å². The molecule has 0 radical (unpaired) electrons. The summed E-state index contributed by atoms with van der Waals surface area (Å²) in [7, 11) is -3.92. The molecule has 0 atom stereocenters. The average molecular weight is 282 g/mol. The van der Waals surface area contributed by atoms with Crippen LogP contribution >= 0.6 is 11.6 Å². The van der Waals surface area contributed by atoms with E-state index in [0.717, 1.165) is 6.07 Å². The lowest BCUT2D eigenvalue weighted by atomic mass is 10.2. The minimum atomic E-state index is -3.92. The van der Waals surface area contributed by atoms with Crippen molar-refractivity contribution >= 4 is 27.6 Å². The fraction of sp³-hybridized carbons (Fsp3) is 0.222. The van der Waals surface area contributed by atoms with Gasteiger partial charge < -0.3 is 5.11 Å². The fourth-order valence-electron chi connectivity index (χ4n) is 1.15. The Bertz CT molecular complexity index is 558. The quantitative estimate of drug-likeness (QED) is 0.875. The molecule has 0 aromatic heterocycles. The molecule has 1 aromatic carbocycles. The zero-order chi connectivity index (χ0) is 13.2. The largest absolute Gasteiger partial charge is 0.478 e. The summed E-state index contributed by atoms with van der Waals surface area (Å²) >= 11 is 5.42. The van der Waals surface area contributed by atoms with Gasteiger partial charge in [0, 0.05) is 6.54 Å². The highest BCUT2D eigenvalue weighted by atomic mass is 35.5. The molecule has 0 aliphatic rings. The van der Waals surface area contributed by atoms with Crippen LogP contribution < -0.4 is 4.72 Å². The highest BCUT2D eigenvalue weighted by Crippen LogP contribution is 2.24. The van der Waals surface area contributed by atoms with E-state index in [1.807, 2.05) is 0 Å². The Kier molecular flexibility index (Phi) is 4.07. The lowest BCUT2D eigenvalue weighted by Crippen LogP contribution is -2.23. The first-order valence-electron chi connectivity index (χ1n) is 4.51. The van der Waals surface area contributed by atoms with Crippen LogP contribution in [0.1, 0.15) is 17.3 Å². The Morgan fingerprint density at radius 3 is 2.59 bits per heavy atom. The molecular formula is C9H9ClFNO4S. The van der Waals surface area contributed by atoms with Crippen LogP contribution in [0.25, 0.3) is 0 Å². The standard InChI is InChI=1S/C9H9ClFNO4S/c1-2-12-17(15,16)5-3-6(9(13)14)8(10)7(11)4-5/h3-4,12H,2H2,1H3,(H,13,14). The molecule has 1 aromatic rings. The summed E-state index contributed by atoms with van der Waals surface area (Å²) in [6.07, 6.45) is 0. The molecule has 0 spiro atoms. The van der Waals surface area contributed by atoms with Gasteiger partial charge in [0.15, 0.2) is 0 Å². The van der Waals surface area contributed by atoms with E-state index in [1.54, 1.807) is 6.92 Å². The number of carboxylic acid groups (broad SMARTS) is 1. The van der Waals surface area contributed by atoms with Gasteiger partial charge in [-0.05, 0) is 12.1 Å². The van der Waals surface area contributed by atoms with Crippen molar-refractivity contribution in [2.45, 2.75) is 11.8 Å². The maximum absolute atomic E-state index is 13.3. The van der Waals surface area contributed by atoms with E-state index in [1.165, 1.54) is 0 Å². The van der Waals surface area contributed by atoms with Crippen molar-refractivity contribution in [2.75, 3.05) is 6.54 Å². The number of nitrogens with one attached hydrogen (secondary N) is 1. The average Bonchev–Trinajstić information content (AvgIpc) is 2.21. The van der Waals surface area contributed by atoms with Crippen molar-refractivity contribution in [3.8, 4) is 0 Å². The third-order valence-corrected chi connectivity index (χ3v) is 3.79. The molecule has 5 nitrogen and oxygen atoms in total. The molecule has 0 saturated heterocycles. The number of carboxylic acids is 1. The number of benzene rings is 1. The lowest BCUT2D eigenvalue weighted by molar-refractivity contribution is 0.0696. The SMILES string of the molecule is CCNS(=O)(=O)c1cc(F)c(Cl)c(C(=O)O)c1. The summed E-state index contributed by atoms with van der Waals surface area (Å²) in [5.41, 5.74) is -0.594. The summed E-state index contributed by atoms with van der Waals surface area (Å²) in [5, 5.41) is 8.13. The highest BCUT2D eigenvalue weighted by molar-refractivity contribution is 7.89. The van der Waals surface area contributed by atoms with Crippen LogP contribution in [0.3, 0.4) is 0 Å². The maximum atomic E-state index is 13.3. The summed E-state index contributed by atoms with van der Waals surface area (Å²) in [4.78, 5) is 10.3. The molecule has 0 amide bonds. The van der Waals surface area contributed by atoms with E-state index >= 15 is 0 Å². The van der Waals surface area contributed by atoms with Crippen LogP contribution in [-0.4, -0.2) is 26.0 Å². The van der Waals surface area contributed by atoms with E-state index in [-0.39, 0.29) is 6.54 Å². The second-order valence-corrected chi connectivity index (χ2v) is 5.22.